The standard InChI is InChI=1S/C29H51NO5/c1-3-5-7-9-10-11-12-13-14-20-24-29(34)35-26(21-17-8-6-4-2)22-18-15-16-19-23-27(31)30-25-28(32)33/h7,9,17,21,26H,3-6,8,10-16,18-20,22-25H2,1-2H3,(H,30,31)(H,32,33)/b9-7-,21-17-. The number of rotatable bonds is 24. The average Bonchev–Trinajstić information content (AvgIpc) is 2.83. The number of allylic oxidation sites excluding steroid dienone is 3. The van der Waals surface area contributed by atoms with Crippen LogP contribution in [0.4, 0.5) is 0 Å². The lowest BCUT2D eigenvalue weighted by molar-refractivity contribution is -0.147. The molecule has 1 atom stereocenters. The van der Waals surface area contributed by atoms with Crippen LogP contribution in [0.2, 0.25) is 0 Å². The number of esters is 1. The van der Waals surface area contributed by atoms with Crippen molar-refractivity contribution in [3.8, 4) is 0 Å². The van der Waals surface area contributed by atoms with Crippen molar-refractivity contribution in [1.29, 1.82) is 0 Å². The van der Waals surface area contributed by atoms with Gasteiger partial charge < -0.3 is 15.2 Å². The van der Waals surface area contributed by atoms with E-state index in [0.29, 0.717) is 12.8 Å². The number of hydrogen-bond donors (Lipinski definition) is 2. The molecule has 0 aliphatic rings. The first-order chi connectivity index (χ1) is 17.0. The topological polar surface area (TPSA) is 92.7 Å². The van der Waals surface area contributed by atoms with E-state index in [1.165, 1.54) is 32.1 Å². The molecule has 0 aliphatic heterocycles. The van der Waals surface area contributed by atoms with Gasteiger partial charge in [-0.1, -0.05) is 83.4 Å². The lowest BCUT2D eigenvalue weighted by Crippen LogP contribution is -2.28. The third-order valence-electron chi connectivity index (χ3n) is 5.81. The Hall–Kier alpha value is -2.11. The Morgan fingerprint density at radius 3 is 2.09 bits per heavy atom. The molecule has 0 radical (unpaired) electrons. The van der Waals surface area contributed by atoms with E-state index >= 15 is 0 Å². The summed E-state index contributed by atoms with van der Waals surface area (Å²) >= 11 is 0. The Bertz CT molecular complexity index is 600. The van der Waals surface area contributed by atoms with E-state index in [1.807, 2.05) is 6.08 Å². The molecular formula is C29H51NO5. The largest absolute Gasteiger partial charge is 0.480 e. The van der Waals surface area contributed by atoms with Crippen LogP contribution in [0.15, 0.2) is 24.3 Å². The molecule has 0 bridgehead atoms. The van der Waals surface area contributed by atoms with Gasteiger partial charge in [0.15, 0.2) is 0 Å². The van der Waals surface area contributed by atoms with Gasteiger partial charge in [-0.05, 0) is 57.4 Å². The van der Waals surface area contributed by atoms with Crippen molar-refractivity contribution in [2.45, 2.75) is 136 Å². The van der Waals surface area contributed by atoms with Crippen molar-refractivity contribution in [2.75, 3.05) is 6.54 Å². The molecule has 0 aromatic heterocycles. The predicted octanol–water partition coefficient (Wildman–Crippen LogP) is 7.27. The zero-order valence-corrected chi connectivity index (χ0v) is 22.4. The number of carbonyl (C=O) groups is 3. The highest BCUT2D eigenvalue weighted by Gasteiger charge is 2.11. The van der Waals surface area contributed by atoms with Crippen LogP contribution < -0.4 is 5.32 Å². The lowest BCUT2D eigenvalue weighted by Gasteiger charge is -2.15. The van der Waals surface area contributed by atoms with Crippen molar-refractivity contribution >= 4 is 17.8 Å². The summed E-state index contributed by atoms with van der Waals surface area (Å²) in [5, 5.41) is 11.0. The van der Waals surface area contributed by atoms with Gasteiger partial charge in [0, 0.05) is 12.8 Å². The molecule has 1 unspecified atom stereocenters. The van der Waals surface area contributed by atoms with E-state index in [1.54, 1.807) is 0 Å². The fourth-order valence-electron chi connectivity index (χ4n) is 3.70. The Morgan fingerprint density at radius 1 is 0.743 bits per heavy atom. The van der Waals surface area contributed by atoms with Gasteiger partial charge in [-0.3, -0.25) is 14.4 Å². The van der Waals surface area contributed by atoms with E-state index in [2.05, 4.69) is 37.4 Å². The number of carboxylic acids is 1. The van der Waals surface area contributed by atoms with Gasteiger partial charge in [0.05, 0.1) is 0 Å². The summed E-state index contributed by atoms with van der Waals surface area (Å²) < 4.78 is 5.76. The summed E-state index contributed by atoms with van der Waals surface area (Å²) in [4.78, 5) is 34.4. The third-order valence-corrected chi connectivity index (χ3v) is 5.81. The number of unbranched alkanes of at least 4 members (excludes halogenated alkanes) is 11. The molecule has 0 aliphatic carbocycles. The fourth-order valence-corrected chi connectivity index (χ4v) is 3.70. The van der Waals surface area contributed by atoms with Gasteiger partial charge in [0.25, 0.3) is 0 Å². The van der Waals surface area contributed by atoms with E-state index in [4.69, 9.17) is 9.84 Å². The van der Waals surface area contributed by atoms with Crippen LogP contribution >= 0.6 is 0 Å². The molecule has 0 aromatic rings. The highest BCUT2D eigenvalue weighted by Crippen LogP contribution is 2.14. The summed E-state index contributed by atoms with van der Waals surface area (Å²) in [5.41, 5.74) is 0. The van der Waals surface area contributed by atoms with Crippen molar-refractivity contribution in [3.05, 3.63) is 24.3 Å². The number of amides is 1. The van der Waals surface area contributed by atoms with Gasteiger partial charge >= 0.3 is 11.9 Å². The number of ether oxygens (including phenoxy) is 1. The molecule has 0 saturated heterocycles. The zero-order valence-electron chi connectivity index (χ0n) is 22.4. The predicted molar refractivity (Wildman–Crippen MR) is 143 cm³/mol. The van der Waals surface area contributed by atoms with Crippen LogP contribution in [0.3, 0.4) is 0 Å². The lowest BCUT2D eigenvalue weighted by atomic mass is 10.1. The van der Waals surface area contributed by atoms with Gasteiger partial charge in [0.1, 0.15) is 12.6 Å². The first kappa shape index (κ1) is 32.9. The maximum Gasteiger partial charge on any atom is 0.322 e. The fraction of sp³-hybridized carbons (Fsp3) is 0.759. The maximum atomic E-state index is 12.3. The molecule has 0 aromatic carbocycles. The van der Waals surface area contributed by atoms with Crippen LogP contribution in [-0.4, -0.2) is 35.6 Å². The van der Waals surface area contributed by atoms with E-state index < -0.39 is 5.97 Å². The zero-order chi connectivity index (χ0) is 26.0. The van der Waals surface area contributed by atoms with Gasteiger partial charge in [0.2, 0.25) is 5.91 Å². The molecular weight excluding hydrogens is 442 g/mol. The average molecular weight is 494 g/mol. The minimum absolute atomic E-state index is 0.104. The number of nitrogens with one attached hydrogen (secondary N) is 1. The molecule has 0 fully saturated rings. The normalized spacial score (nSPS) is 12.3. The highest BCUT2D eigenvalue weighted by atomic mass is 16.5. The van der Waals surface area contributed by atoms with Gasteiger partial charge in [-0.2, -0.15) is 0 Å². The molecule has 2 N–H and O–H groups in total. The van der Waals surface area contributed by atoms with E-state index in [-0.39, 0.29) is 24.5 Å². The van der Waals surface area contributed by atoms with Crippen LogP contribution in [0.25, 0.3) is 0 Å². The van der Waals surface area contributed by atoms with Crippen molar-refractivity contribution in [3.63, 3.8) is 0 Å². The second kappa shape index (κ2) is 25.0. The van der Waals surface area contributed by atoms with Gasteiger partial charge in [-0.15, -0.1) is 0 Å². The molecule has 0 heterocycles. The van der Waals surface area contributed by atoms with Crippen LogP contribution in [0, 0.1) is 0 Å². The van der Waals surface area contributed by atoms with Crippen molar-refractivity contribution in [1.82, 2.24) is 5.32 Å². The monoisotopic (exact) mass is 493 g/mol. The summed E-state index contributed by atoms with van der Waals surface area (Å²) in [6, 6.07) is 0. The second-order valence-electron chi connectivity index (χ2n) is 9.29. The number of aliphatic carboxylic acids is 1. The molecule has 0 spiro atoms. The van der Waals surface area contributed by atoms with Crippen LogP contribution in [0.5, 0.6) is 0 Å². The second-order valence-corrected chi connectivity index (χ2v) is 9.29. The summed E-state index contributed by atoms with van der Waals surface area (Å²) in [6.45, 7) is 4.03. The molecule has 0 saturated carbocycles. The minimum atomic E-state index is -1.03. The first-order valence-corrected chi connectivity index (χ1v) is 14.0. The Kier molecular flexibility index (Phi) is 23.5. The molecule has 0 rings (SSSR count). The number of hydrogen-bond acceptors (Lipinski definition) is 4. The van der Waals surface area contributed by atoms with Crippen LogP contribution in [0.1, 0.15) is 129 Å². The summed E-state index contributed by atoms with van der Waals surface area (Å²) in [6.07, 6.45) is 26.1. The highest BCUT2D eigenvalue weighted by molar-refractivity contribution is 5.80. The Morgan fingerprint density at radius 2 is 1.37 bits per heavy atom. The molecule has 6 heteroatoms. The smallest absolute Gasteiger partial charge is 0.322 e. The molecule has 1 amide bonds. The SMILES string of the molecule is CCC/C=C\CCCCCCCC(=O)OC(/C=C\CCCC)CCCCCCC(=O)NCC(=O)O. The van der Waals surface area contributed by atoms with E-state index in [0.717, 1.165) is 70.6 Å². The number of carboxylic acid groups (broad SMARTS) is 1. The van der Waals surface area contributed by atoms with Crippen molar-refractivity contribution in [2.24, 2.45) is 0 Å². The maximum absolute atomic E-state index is 12.3. The first-order valence-electron chi connectivity index (χ1n) is 14.0. The Balaban J connectivity index is 4.07. The van der Waals surface area contributed by atoms with Crippen LogP contribution in [-0.2, 0) is 19.1 Å². The molecule has 202 valence electrons. The minimum Gasteiger partial charge on any atom is -0.480 e. The van der Waals surface area contributed by atoms with Crippen molar-refractivity contribution < 1.29 is 24.2 Å². The molecule has 35 heavy (non-hydrogen) atoms. The quantitative estimate of drug-likeness (QED) is 0.0837. The summed E-state index contributed by atoms with van der Waals surface area (Å²) in [7, 11) is 0. The third kappa shape index (κ3) is 24.8. The van der Waals surface area contributed by atoms with Gasteiger partial charge in [-0.25, -0.2) is 0 Å². The Labute approximate surface area is 214 Å². The van der Waals surface area contributed by atoms with E-state index in [9.17, 15) is 14.4 Å². The summed E-state index contributed by atoms with van der Waals surface area (Å²) in [5.74, 6) is -1.36. The molecule has 6 nitrogen and oxygen atoms in total. The number of carbonyl (C=O) groups excluding carboxylic acids is 2.